The second-order valence-corrected chi connectivity index (χ2v) is 9.22. The smallest absolute Gasteiger partial charge is 0.254 e. The maximum atomic E-state index is 12.2. The van der Waals surface area contributed by atoms with Crippen molar-refractivity contribution < 1.29 is 14.3 Å². The summed E-state index contributed by atoms with van der Waals surface area (Å²) in [5.74, 6) is 1.13. The molecule has 1 heterocycles. The van der Waals surface area contributed by atoms with Crippen LogP contribution in [-0.4, -0.2) is 28.1 Å². The molecule has 2 fully saturated rings. The van der Waals surface area contributed by atoms with E-state index in [1.54, 1.807) is 10.8 Å². The summed E-state index contributed by atoms with van der Waals surface area (Å²) >= 11 is 0. The van der Waals surface area contributed by atoms with Gasteiger partial charge >= 0.3 is 0 Å². The molecule has 1 spiro atoms. The van der Waals surface area contributed by atoms with Crippen molar-refractivity contribution in [2.45, 2.75) is 44.7 Å². The lowest BCUT2D eigenvalue weighted by atomic mass is 9.52. The summed E-state index contributed by atoms with van der Waals surface area (Å²) < 4.78 is 7.58. The number of rotatable bonds is 7. The number of carbonyl (C=O) groups is 2. The van der Waals surface area contributed by atoms with E-state index in [9.17, 15) is 9.59 Å². The molecule has 2 aliphatic rings. The average molecular weight is 474 g/mol. The zero-order chi connectivity index (χ0) is 25.0. The normalized spacial score (nSPS) is 22.1. The molecule has 0 aliphatic heterocycles. The van der Waals surface area contributed by atoms with Gasteiger partial charge in [-0.15, -0.1) is 6.58 Å². The second kappa shape index (κ2) is 10.0. The summed E-state index contributed by atoms with van der Waals surface area (Å²) in [6, 6.07) is 17.2. The lowest BCUT2D eigenvalue weighted by Crippen LogP contribution is -2.55. The number of hydrogen-bond donors (Lipinski definition) is 3. The molecule has 0 radical (unpaired) electrons. The summed E-state index contributed by atoms with van der Waals surface area (Å²) in [5.41, 5.74) is 13.7. The monoisotopic (exact) mass is 473 g/mol. The molecule has 35 heavy (non-hydrogen) atoms. The Labute approximate surface area is 205 Å². The van der Waals surface area contributed by atoms with E-state index in [2.05, 4.69) is 11.9 Å². The van der Waals surface area contributed by atoms with Gasteiger partial charge < -0.3 is 21.5 Å². The standard InChI is InChI=1S/C24H25N5O3.C3H6/c25-22-20(23(26)31)21(15-6-8-19(9-7-15)32-18-4-2-1-3-5-18)28-29(22)17-12-24(13-17)10-16(11-24)27-14-30;1-3-2/h1-9,14,16-17H,10-13,25H2,(H2,26,31)(H,27,30);3H,1H2,2H3. The molecule has 2 amide bonds. The molecule has 8 heteroatoms. The van der Waals surface area contributed by atoms with Gasteiger partial charge in [0, 0.05) is 11.6 Å². The van der Waals surface area contributed by atoms with Crippen molar-refractivity contribution in [3.05, 3.63) is 72.8 Å². The predicted molar refractivity (Wildman–Crippen MR) is 136 cm³/mol. The van der Waals surface area contributed by atoms with Crippen molar-refractivity contribution in [2.24, 2.45) is 11.1 Å². The SMILES string of the molecule is C=CC.NC(=O)c1c(-c2ccc(Oc3ccccc3)cc2)nn(C2CC3(CC(NC=O)C3)C2)c1N. The largest absolute Gasteiger partial charge is 0.457 e. The number of nitrogen functional groups attached to an aromatic ring is 1. The van der Waals surface area contributed by atoms with Crippen molar-refractivity contribution in [3.8, 4) is 22.8 Å². The number of para-hydroxylation sites is 1. The van der Waals surface area contributed by atoms with E-state index < -0.39 is 5.91 Å². The molecule has 5 rings (SSSR count). The number of nitrogens with two attached hydrogens (primary N) is 2. The number of nitrogens with one attached hydrogen (secondary N) is 1. The Morgan fingerprint density at radius 1 is 1.11 bits per heavy atom. The molecule has 182 valence electrons. The minimum absolute atomic E-state index is 0.125. The summed E-state index contributed by atoms with van der Waals surface area (Å²) in [6.07, 6.45) is 6.32. The van der Waals surface area contributed by atoms with Crippen molar-refractivity contribution in [2.75, 3.05) is 5.73 Å². The number of carbonyl (C=O) groups excluding carboxylic acids is 2. The fourth-order valence-electron chi connectivity index (χ4n) is 5.12. The molecule has 0 unspecified atom stereocenters. The van der Waals surface area contributed by atoms with E-state index in [-0.39, 0.29) is 23.1 Å². The van der Waals surface area contributed by atoms with E-state index in [1.807, 2.05) is 61.5 Å². The van der Waals surface area contributed by atoms with E-state index >= 15 is 0 Å². The van der Waals surface area contributed by atoms with Crippen LogP contribution in [0.15, 0.2) is 67.3 Å². The van der Waals surface area contributed by atoms with Crippen LogP contribution in [-0.2, 0) is 4.79 Å². The Balaban J connectivity index is 0.000000917. The highest BCUT2D eigenvalue weighted by molar-refractivity contribution is 6.03. The number of ether oxygens (including phenoxy) is 1. The number of benzene rings is 2. The molecule has 2 aliphatic carbocycles. The fourth-order valence-corrected chi connectivity index (χ4v) is 5.12. The van der Waals surface area contributed by atoms with Gasteiger partial charge in [-0.1, -0.05) is 24.3 Å². The van der Waals surface area contributed by atoms with E-state index in [4.69, 9.17) is 21.3 Å². The number of primary amides is 1. The van der Waals surface area contributed by atoms with Gasteiger partial charge in [-0.2, -0.15) is 5.10 Å². The predicted octanol–water partition coefficient (Wildman–Crippen LogP) is 4.45. The topological polar surface area (TPSA) is 125 Å². The van der Waals surface area contributed by atoms with Crippen LogP contribution >= 0.6 is 0 Å². The van der Waals surface area contributed by atoms with Gasteiger partial charge in [-0.3, -0.25) is 9.59 Å². The maximum Gasteiger partial charge on any atom is 0.254 e. The first kappa shape index (κ1) is 24.1. The van der Waals surface area contributed by atoms with Crippen LogP contribution in [0.1, 0.15) is 49.0 Å². The van der Waals surface area contributed by atoms with Crippen LogP contribution in [0.25, 0.3) is 11.3 Å². The van der Waals surface area contributed by atoms with Gasteiger partial charge in [0.15, 0.2) is 0 Å². The summed E-state index contributed by atoms with van der Waals surface area (Å²) in [4.78, 5) is 22.8. The quantitative estimate of drug-likeness (QED) is 0.345. The molecule has 0 atom stereocenters. The van der Waals surface area contributed by atoms with Crippen molar-refractivity contribution in [1.29, 1.82) is 0 Å². The van der Waals surface area contributed by atoms with Gasteiger partial charge in [0.1, 0.15) is 28.6 Å². The van der Waals surface area contributed by atoms with Gasteiger partial charge in [0.05, 0.1) is 6.04 Å². The Hall–Kier alpha value is -4.07. The van der Waals surface area contributed by atoms with Crippen molar-refractivity contribution in [3.63, 3.8) is 0 Å². The van der Waals surface area contributed by atoms with Crippen LogP contribution in [0.4, 0.5) is 5.82 Å². The molecule has 2 aromatic carbocycles. The van der Waals surface area contributed by atoms with Crippen molar-refractivity contribution >= 4 is 18.1 Å². The second-order valence-electron chi connectivity index (χ2n) is 9.22. The van der Waals surface area contributed by atoms with Crippen LogP contribution < -0.4 is 21.5 Å². The Bertz CT molecular complexity index is 1190. The molecular formula is C27H31N5O3. The minimum Gasteiger partial charge on any atom is -0.457 e. The molecule has 0 saturated heterocycles. The zero-order valence-electron chi connectivity index (χ0n) is 19.8. The highest BCUT2D eigenvalue weighted by Gasteiger charge is 2.54. The van der Waals surface area contributed by atoms with Gasteiger partial charge in [-0.25, -0.2) is 4.68 Å². The van der Waals surface area contributed by atoms with Gasteiger partial charge in [-0.05, 0) is 74.4 Å². The minimum atomic E-state index is -0.596. The zero-order valence-corrected chi connectivity index (χ0v) is 19.8. The Morgan fingerprint density at radius 3 is 2.29 bits per heavy atom. The first-order valence-corrected chi connectivity index (χ1v) is 11.7. The number of anilines is 1. The summed E-state index contributed by atoms with van der Waals surface area (Å²) in [7, 11) is 0. The van der Waals surface area contributed by atoms with Gasteiger partial charge in [0.2, 0.25) is 6.41 Å². The van der Waals surface area contributed by atoms with Gasteiger partial charge in [0.25, 0.3) is 5.91 Å². The highest BCUT2D eigenvalue weighted by Crippen LogP contribution is 2.60. The van der Waals surface area contributed by atoms with Crippen molar-refractivity contribution in [1.82, 2.24) is 15.1 Å². The Morgan fingerprint density at radius 2 is 1.71 bits per heavy atom. The summed E-state index contributed by atoms with van der Waals surface area (Å²) in [5, 5.41) is 7.54. The molecular weight excluding hydrogens is 442 g/mol. The maximum absolute atomic E-state index is 12.2. The number of nitrogens with zero attached hydrogens (tertiary/aromatic N) is 2. The van der Waals surface area contributed by atoms with E-state index in [0.717, 1.165) is 43.4 Å². The molecule has 2 saturated carbocycles. The molecule has 0 bridgehead atoms. The van der Waals surface area contributed by atoms with Crippen LogP contribution in [0, 0.1) is 5.41 Å². The average Bonchev–Trinajstić information content (AvgIpc) is 3.13. The molecule has 5 N–H and O–H groups in total. The van der Waals surface area contributed by atoms with Crippen LogP contribution in [0.5, 0.6) is 11.5 Å². The lowest BCUT2D eigenvalue weighted by Gasteiger charge is -2.57. The van der Waals surface area contributed by atoms with E-state index in [1.165, 1.54) is 0 Å². The number of aromatic nitrogens is 2. The Kier molecular flexibility index (Phi) is 6.91. The van der Waals surface area contributed by atoms with Crippen LogP contribution in [0.3, 0.4) is 0 Å². The number of hydrogen-bond acceptors (Lipinski definition) is 5. The number of allylic oxidation sites excluding steroid dienone is 1. The molecule has 3 aromatic rings. The molecule has 1 aromatic heterocycles. The third kappa shape index (κ3) is 4.91. The number of amides is 2. The summed E-state index contributed by atoms with van der Waals surface area (Å²) in [6.45, 7) is 5.25. The molecule has 8 nitrogen and oxygen atoms in total. The van der Waals surface area contributed by atoms with Crippen LogP contribution in [0.2, 0.25) is 0 Å². The van der Waals surface area contributed by atoms with E-state index in [0.29, 0.717) is 17.3 Å². The first-order valence-electron chi connectivity index (χ1n) is 11.7. The third-order valence-electron chi connectivity index (χ3n) is 6.65. The fraction of sp³-hybridized carbons (Fsp3) is 0.296. The highest BCUT2D eigenvalue weighted by atomic mass is 16.5. The first-order chi connectivity index (χ1) is 16.9. The third-order valence-corrected chi connectivity index (χ3v) is 6.65. The lowest BCUT2D eigenvalue weighted by molar-refractivity contribution is -0.113.